The lowest BCUT2D eigenvalue weighted by Crippen LogP contribution is -2.25. The first-order valence-electron chi connectivity index (χ1n) is 7.39. The Morgan fingerprint density at radius 1 is 1.45 bits per heavy atom. The lowest BCUT2D eigenvalue weighted by molar-refractivity contribution is 0.0944. The van der Waals surface area contributed by atoms with Crippen LogP contribution in [-0.4, -0.2) is 30.1 Å². The topological polar surface area (TPSA) is 63.2 Å². The highest BCUT2D eigenvalue weighted by atomic mass is 32.1. The van der Waals surface area contributed by atoms with Crippen molar-refractivity contribution in [3.05, 3.63) is 46.4 Å². The number of carbonyl (C=O) groups is 1. The first-order chi connectivity index (χ1) is 10.7. The smallest absolute Gasteiger partial charge is 0.263 e. The summed E-state index contributed by atoms with van der Waals surface area (Å²) in [7, 11) is 0. The van der Waals surface area contributed by atoms with Crippen LogP contribution in [0.4, 0.5) is 0 Å². The number of nitrogens with zero attached hydrogens (tertiary/aromatic N) is 1. The number of nitrogens with one attached hydrogen (secondary N) is 2. The van der Waals surface area contributed by atoms with Crippen LogP contribution in [0.3, 0.4) is 0 Å². The van der Waals surface area contributed by atoms with E-state index < -0.39 is 0 Å². The number of amides is 1. The SMILES string of the molecule is CC(NC(=O)c1cncs1)c1ccc(OC2CCNC2)cc1. The van der Waals surface area contributed by atoms with Crippen LogP contribution in [0, 0.1) is 0 Å². The second-order valence-corrected chi connectivity index (χ2v) is 6.25. The van der Waals surface area contributed by atoms with Gasteiger partial charge in [-0.1, -0.05) is 12.1 Å². The van der Waals surface area contributed by atoms with Gasteiger partial charge in [0.05, 0.1) is 17.7 Å². The van der Waals surface area contributed by atoms with Gasteiger partial charge in [-0.2, -0.15) is 0 Å². The molecule has 1 aromatic heterocycles. The van der Waals surface area contributed by atoms with Gasteiger partial charge < -0.3 is 15.4 Å². The van der Waals surface area contributed by atoms with Crippen molar-refractivity contribution < 1.29 is 9.53 Å². The molecule has 2 atom stereocenters. The summed E-state index contributed by atoms with van der Waals surface area (Å²) < 4.78 is 5.89. The normalized spacial score (nSPS) is 18.9. The molecular weight excluding hydrogens is 298 g/mol. The van der Waals surface area contributed by atoms with Crippen molar-refractivity contribution in [2.75, 3.05) is 13.1 Å². The number of hydrogen-bond acceptors (Lipinski definition) is 5. The van der Waals surface area contributed by atoms with Gasteiger partial charge in [0, 0.05) is 6.54 Å². The van der Waals surface area contributed by atoms with Crippen LogP contribution in [-0.2, 0) is 0 Å². The largest absolute Gasteiger partial charge is 0.489 e. The second kappa shape index (κ2) is 6.89. The summed E-state index contributed by atoms with van der Waals surface area (Å²) in [6, 6.07) is 7.85. The average molecular weight is 317 g/mol. The molecule has 0 bridgehead atoms. The molecule has 5 nitrogen and oxygen atoms in total. The van der Waals surface area contributed by atoms with E-state index in [9.17, 15) is 4.79 Å². The highest BCUT2D eigenvalue weighted by Gasteiger charge is 2.16. The molecule has 116 valence electrons. The Bertz CT molecular complexity index is 607. The number of carbonyl (C=O) groups excluding carboxylic acids is 1. The number of thiazole rings is 1. The number of ether oxygens (including phenoxy) is 1. The van der Waals surface area contributed by atoms with Crippen LogP contribution in [0.2, 0.25) is 0 Å². The van der Waals surface area contributed by atoms with E-state index in [0.29, 0.717) is 4.88 Å². The summed E-state index contributed by atoms with van der Waals surface area (Å²) in [5, 5.41) is 6.25. The molecule has 0 aliphatic carbocycles. The van der Waals surface area contributed by atoms with Gasteiger partial charge in [0.1, 0.15) is 16.7 Å². The Kier molecular flexibility index (Phi) is 4.70. The standard InChI is InChI=1S/C16H19N3O2S/c1-11(19-16(20)15-9-18-10-22-15)12-2-4-13(5-3-12)21-14-6-7-17-8-14/h2-5,9-11,14,17H,6-8H2,1H3,(H,19,20). The molecule has 1 amide bonds. The minimum Gasteiger partial charge on any atom is -0.489 e. The van der Waals surface area contributed by atoms with Crippen LogP contribution in [0.1, 0.15) is 34.6 Å². The number of rotatable bonds is 5. The van der Waals surface area contributed by atoms with Crippen molar-refractivity contribution in [3.8, 4) is 5.75 Å². The third-order valence-corrected chi connectivity index (χ3v) is 4.47. The van der Waals surface area contributed by atoms with Crippen molar-refractivity contribution in [3.63, 3.8) is 0 Å². The minimum absolute atomic E-state index is 0.0585. The Morgan fingerprint density at radius 2 is 2.27 bits per heavy atom. The van der Waals surface area contributed by atoms with E-state index in [2.05, 4.69) is 15.6 Å². The van der Waals surface area contributed by atoms with Crippen LogP contribution < -0.4 is 15.4 Å². The first-order valence-corrected chi connectivity index (χ1v) is 8.27. The lowest BCUT2D eigenvalue weighted by atomic mass is 10.1. The van der Waals surface area contributed by atoms with Gasteiger partial charge in [0.25, 0.3) is 5.91 Å². The predicted octanol–water partition coefficient (Wildman–Crippen LogP) is 2.37. The van der Waals surface area contributed by atoms with Crippen LogP contribution >= 0.6 is 11.3 Å². The fourth-order valence-corrected chi connectivity index (χ4v) is 2.96. The molecule has 2 N–H and O–H groups in total. The summed E-state index contributed by atoms with van der Waals surface area (Å²) in [4.78, 5) is 16.6. The molecular formula is C16H19N3O2S. The highest BCUT2D eigenvalue weighted by molar-refractivity contribution is 7.11. The monoisotopic (exact) mass is 317 g/mol. The zero-order valence-electron chi connectivity index (χ0n) is 12.4. The summed E-state index contributed by atoms with van der Waals surface area (Å²) in [6.07, 6.45) is 2.89. The van der Waals surface area contributed by atoms with Gasteiger partial charge in [0.15, 0.2) is 0 Å². The molecule has 2 heterocycles. The summed E-state index contributed by atoms with van der Waals surface area (Å²) in [5.74, 6) is 0.783. The number of aromatic nitrogens is 1. The molecule has 1 fully saturated rings. The molecule has 6 heteroatoms. The molecule has 2 aromatic rings. The van der Waals surface area contributed by atoms with Crippen molar-refractivity contribution in [2.45, 2.75) is 25.5 Å². The average Bonchev–Trinajstić information content (AvgIpc) is 3.21. The Morgan fingerprint density at radius 3 is 2.91 bits per heavy atom. The van der Waals surface area contributed by atoms with Crippen LogP contribution in [0.5, 0.6) is 5.75 Å². The number of hydrogen-bond donors (Lipinski definition) is 2. The molecule has 2 unspecified atom stereocenters. The molecule has 0 radical (unpaired) electrons. The van der Waals surface area contributed by atoms with Gasteiger partial charge >= 0.3 is 0 Å². The van der Waals surface area contributed by atoms with Gasteiger partial charge in [0.2, 0.25) is 0 Å². The fraction of sp³-hybridized carbons (Fsp3) is 0.375. The molecule has 0 saturated carbocycles. The molecule has 1 aromatic carbocycles. The maximum atomic E-state index is 12.0. The van der Waals surface area contributed by atoms with Crippen molar-refractivity contribution >= 4 is 17.2 Å². The van der Waals surface area contributed by atoms with Gasteiger partial charge in [-0.15, -0.1) is 11.3 Å². The Hall–Kier alpha value is -1.92. The van der Waals surface area contributed by atoms with Crippen LogP contribution in [0.15, 0.2) is 36.0 Å². The quantitative estimate of drug-likeness (QED) is 0.889. The third-order valence-electron chi connectivity index (χ3n) is 3.70. The van der Waals surface area contributed by atoms with E-state index in [4.69, 9.17) is 4.74 Å². The fourth-order valence-electron chi connectivity index (χ4n) is 2.44. The van der Waals surface area contributed by atoms with E-state index in [1.807, 2.05) is 31.2 Å². The third kappa shape index (κ3) is 3.64. The lowest BCUT2D eigenvalue weighted by Gasteiger charge is -2.16. The zero-order valence-corrected chi connectivity index (χ0v) is 13.2. The Balaban J connectivity index is 1.58. The summed E-state index contributed by atoms with van der Waals surface area (Å²) >= 11 is 1.34. The molecule has 0 spiro atoms. The van der Waals surface area contributed by atoms with E-state index >= 15 is 0 Å². The predicted molar refractivity (Wildman–Crippen MR) is 86.3 cm³/mol. The maximum Gasteiger partial charge on any atom is 0.263 e. The summed E-state index contributed by atoms with van der Waals surface area (Å²) in [5.41, 5.74) is 2.71. The van der Waals surface area contributed by atoms with E-state index in [-0.39, 0.29) is 18.1 Å². The van der Waals surface area contributed by atoms with Gasteiger partial charge in [-0.05, 0) is 37.6 Å². The summed E-state index contributed by atoms with van der Waals surface area (Å²) in [6.45, 7) is 3.89. The molecule has 1 saturated heterocycles. The van der Waals surface area contributed by atoms with E-state index in [1.165, 1.54) is 11.3 Å². The number of benzene rings is 1. The maximum absolute atomic E-state index is 12.0. The van der Waals surface area contributed by atoms with Crippen molar-refractivity contribution in [1.29, 1.82) is 0 Å². The van der Waals surface area contributed by atoms with Gasteiger partial charge in [-0.3, -0.25) is 9.78 Å². The zero-order chi connectivity index (χ0) is 15.4. The van der Waals surface area contributed by atoms with E-state index in [1.54, 1.807) is 11.7 Å². The second-order valence-electron chi connectivity index (χ2n) is 5.36. The van der Waals surface area contributed by atoms with E-state index in [0.717, 1.165) is 30.8 Å². The molecule has 1 aliphatic heterocycles. The first kappa shape index (κ1) is 15.0. The molecule has 3 rings (SSSR count). The van der Waals surface area contributed by atoms with Crippen molar-refractivity contribution in [1.82, 2.24) is 15.6 Å². The Labute approximate surface area is 133 Å². The van der Waals surface area contributed by atoms with Crippen LogP contribution in [0.25, 0.3) is 0 Å². The van der Waals surface area contributed by atoms with Gasteiger partial charge in [-0.25, -0.2) is 0 Å². The highest BCUT2D eigenvalue weighted by Crippen LogP contribution is 2.20. The molecule has 1 aliphatic rings. The minimum atomic E-state index is -0.0904. The van der Waals surface area contributed by atoms with Crippen molar-refractivity contribution in [2.24, 2.45) is 0 Å². The molecule has 22 heavy (non-hydrogen) atoms.